The molecule has 5 nitrogen and oxygen atoms in total. The van der Waals surface area contributed by atoms with Crippen LogP contribution in [0.25, 0.3) is 21.7 Å². The van der Waals surface area contributed by atoms with Gasteiger partial charge in [0.25, 0.3) is 0 Å². The zero-order valence-electron chi connectivity index (χ0n) is 17.4. The van der Waals surface area contributed by atoms with E-state index in [1.54, 1.807) is 18.4 Å². The first kappa shape index (κ1) is 19.6. The number of benzene rings is 2. The van der Waals surface area contributed by atoms with Crippen LogP contribution in [0, 0.1) is 20.8 Å². The first-order valence-electron chi connectivity index (χ1n) is 9.60. The van der Waals surface area contributed by atoms with E-state index in [9.17, 15) is 0 Å². The van der Waals surface area contributed by atoms with Gasteiger partial charge < -0.3 is 9.15 Å². The van der Waals surface area contributed by atoms with Crippen molar-refractivity contribution in [2.24, 2.45) is 0 Å². The van der Waals surface area contributed by atoms with Crippen molar-refractivity contribution in [3.05, 3.63) is 64.0 Å². The molecule has 0 N–H and O–H groups in total. The largest absolute Gasteiger partial charge is 0.496 e. The van der Waals surface area contributed by atoms with E-state index >= 15 is 0 Å². The maximum absolute atomic E-state index is 6.02. The number of fused-ring (bicyclic) bond motifs is 1. The predicted molar refractivity (Wildman–Crippen MR) is 117 cm³/mol. The lowest BCUT2D eigenvalue weighted by Gasteiger charge is -2.13. The van der Waals surface area contributed by atoms with Crippen molar-refractivity contribution < 1.29 is 9.15 Å². The fourth-order valence-corrected chi connectivity index (χ4v) is 4.52. The van der Waals surface area contributed by atoms with Gasteiger partial charge in [-0.1, -0.05) is 12.1 Å². The number of aryl methyl sites for hydroxylation is 1. The number of hydrogen-bond donors (Lipinski definition) is 0. The van der Waals surface area contributed by atoms with Crippen molar-refractivity contribution in [1.82, 2.24) is 14.9 Å². The molecule has 0 saturated heterocycles. The first-order valence-corrected chi connectivity index (χ1v) is 10.4. The number of rotatable bonds is 6. The normalized spacial score (nSPS) is 11.5. The summed E-state index contributed by atoms with van der Waals surface area (Å²) in [5, 5.41) is 1.11. The zero-order chi connectivity index (χ0) is 20.5. The molecule has 4 aromatic rings. The van der Waals surface area contributed by atoms with E-state index in [2.05, 4.69) is 44.0 Å². The second-order valence-corrected chi connectivity index (χ2v) is 8.45. The van der Waals surface area contributed by atoms with Gasteiger partial charge in [0.1, 0.15) is 16.5 Å². The third kappa shape index (κ3) is 3.91. The standard InChI is InChI=1S/C23H25N3O2S/c1-14-15(2)20(27-5)11-10-17(14)23-25-19(16(3)28-23)12-26(4)13-22-24-18-8-6-7-9-21(18)29-22/h6-11H,12-13H2,1-5H3. The molecule has 0 bridgehead atoms. The molecule has 0 aliphatic rings. The lowest BCUT2D eigenvalue weighted by Crippen LogP contribution is -2.17. The highest BCUT2D eigenvalue weighted by Crippen LogP contribution is 2.32. The van der Waals surface area contributed by atoms with Gasteiger partial charge in [-0.25, -0.2) is 9.97 Å². The minimum atomic E-state index is 0.661. The number of methoxy groups -OCH3 is 1. The Morgan fingerprint density at radius 1 is 1.00 bits per heavy atom. The lowest BCUT2D eigenvalue weighted by molar-refractivity contribution is 0.313. The van der Waals surface area contributed by atoms with Crippen LogP contribution in [0.2, 0.25) is 0 Å². The van der Waals surface area contributed by atoms with E-state index in [1.807, 2.05) is 25.1 Å². The first-order chi connectivity index (χ1) is 14.0. The molecule has 2 aromatic heterocycles. The van der Waals surface area contributed by atoms with Crippen LogP contribution in [-0.4, -0.2) is 29.0 Å². The Kier molecular flexibility index (Phi) is 5.39. The number of para-hydroxylation sites is 1. The molecule has 0 aliphatic heterocycles. The van der Waals surface area contributed by atoms with Crippen LogP contribution < -0.4 is 4.74 Å². The Hall–Kier alpha value is -2.70. The van der Waals surface area contributed by atoms with E-state index < -0.39 is 0 Å². The third-order valence-corrected chi connectivity index (χ3v) is 6.26. The Bertz CT molecular complexity index is 1130. The van der Waals surface area contributed by atoms with Crippen molar-refractivity contribution >= 4 is 21.6 Å². The maximum Gasteiger partial charge on any atom is 0.226 e. The number of thiazole rings is 1. The van der Waals surface area contributed by atoms with Gasteiger partial charge in [0.15, 0.2) is 0 Å². The Morgan fingerprint density at radius 2 is 1.79 bits per heavy atom. The second-order valence-electron chi connectivity index (χ2n) is 7.33. The van der Waals surface area contributed by atoms with Crippen molar-refractivity contribution in [3.63, 3.8) is 0 Å². The third-order valence-electron chi connectivity index (χ3n) is 5.24. The van der Waals surface area contributed by atoms with Gasteiger partial charge in [-0.15, -0.1) is 11.3 Å². The summed E-state index contributed by atoms with van der Waals surface area (Å²) in [6.45, 7) is 7.59. The number of ether oxygens (including phenoxy) is 1. The molecule has 0 amide bonds. The molecule has 0 spiro atoms. The van der Waals surface area contributed by atoms with Crippen molar-refractivity contribution in [2.45, 2.75) is 33.9 Å². The van der Waals surface area contributed by atoms with Crippen LogP contribution in [0.3, 0.4) is 0 Å². The van der Waals surface area contributed by atoms with Crippen LogP contribution in [0.15, 0.2) is 40.8 Å². The highest BCUT2D eigenvalue weighted by Gasteiger charge is 2.17. The second kappa shape index (κ2) is 7.97. The van der Waals surface area contributed by atoms with Crippen LogP contribution in [0.1, 0.15) is 27.6 Å². The van der Waals surface area contributed by atoms with E-state index in [4.69, 9.17) is 19.1 Å². The van der Waals surface area contributed by atoms with Crippen LogP contribution in [0.5, 0.6) is 5.75 Å². The summed E-state index contributed by atoms with van der Waals surface area (Å²) >= 11 is 1.74. The van der Waals surface area contributed by atoms with Gasteiger partial charge >= 0.3 is 0 Å². The molecule has 4 rings (SSSR count). The highest BCUT2D eigenvalue weighted by atomic mass is 32.1. The maximum atomic E-state index is 6.02. The van der Waals surface area contributed by atoms with Crippen LogP contribution in [-0.2, 0) is 13.1 Å². The summed E-state index contributed by atoms with van der Waals surface area (Å²) in [6, 6.07) is 12.2. The van der Waals surface area contributed by atoms with Gasteiger partial charge in [-0.2, -0.15) is 0 Å². The van der Waals surface area contributed by atoms with Gasteiger partial charge in [0, 0.05) is 12.1 Å². The molecule has 29 heavy (non-hydrogen) atoms. The molecular formula is C23H25N3O2S. The highest BCUT2D eigenvalue weighted by molar-refractivity contribution is 7.18. The molecule has 0 unspecified atom stereocenters. The Morgan fingerprint density at radius 3 is 2.55 bits per heavy atom. The number of oxazole rings is 1. The van der Waals surface area contributed by atoms with Crippen molar-refractivity contribution in [1.29, 1.82) is 0 Å². The number of nitrogens with zero attached hydrogens (tertiary/aromatic N) is 3. The van der Waals surface area contributed by atoms with Crippen molar-refractivity contribution in [2.75, 3.05) is 14.2 Å². The van der Waals surface area contributed by atoms with E-state index in [-0.39, 0.29) is 0 Å². The molecule has 0 radical (unpaired) electrons. The molecule has 0 atom stereocenters. The lowest BCUT2D eigenvalue weighted by atomic mass is 10.0. The zero-order valence-corrected chi connectivity index (χ0v) is 18.3. The Balaban J connectivity index is 1.53. The quantitative estimate of drug-likeness (QED) is 0.421. The van der Waals surface area contributed by atoms with Gasteiger partial charge in [0.2, 0.25) is 5.89 Å². The molecule has 0 fully saturated rings. The topological polar surface area (TPSA) is 51.4 Å². The average Bonchev–Trinajstić information content (AvgIpc) is 3.26. The van der Waals surface area contributed by atoms with Crippen molar-refractivity contribution in [3.8, 4) is 17.2 Å². The Labute approximate surface area is 175 Å². The van der Waals surface area contributed by atoms with E-state index in [0.29, 0.717) is 12.4 Å². The van der Waals surface area contributed by atoms with Crippen LogP contribution >= 0.6 is 11.3 Å². The van der Waals surface area contributed by atoms with E-state index in [1.165, 1.54) is 4.70 Å². The fourth-order valence-electron chi connectivity index (χ4n) is 3.47. The summed E-state index contributed by atoms with van der Waals surface area (Å²) in [7, 11) is 3.78. The summed E-state index contributed by atoms with van der Waals surface area (Å²) in [5.41, 5.74) is 5.25. The molecule has 2 heterocycles. The average molecular weight is 408 g/mol. The minimum absolute atomic E-state index is 0.661. The van der Waals surface area contributed by atoms with Gasteiger partial charge in [0.05, 0.1) is 29.6 Å². The SMILES string of the molecule is COc1ccc(-c2nc(CN(C)Cc3nc4ccccc4s3)c(C)o2)c(C)c1C. The molecule has 2 aromatic carbocycles. The molecule has 0 aliphatic carbocycles. The molecule has 150 valence electrons. The monoisotopic (exact) mass is 407 g/mol. The summed E-state index contributed by atoms with van der Waals surface area (Å²) in [6.07, 6.45) is 0. The predicted octanol–water partition coefficient (Wildman–Crippen LogP) is 5.52. The molecule has 0 saturated carbocycles. The minimum Gasteiger partial charge on any atom is -0.496 e. The number of aromatic nitrogens is 2. The van der Waals surface area contributed by atoms with Gasteiger partial charge in [-0.05, 0) is 63.2 Å². The summed E-state index contributed by atoms with van der Waals surface area (Å²) in [5.74, 6) is 2.39. The summed E-state index contributed by atoms with van der Waals surface area (Å²) < 4.78 is 12.7. The molecular weight excluding hydrogens is 382 g/mol. The van der Waals surface area contributed by atoms with Crippen LogP contribution in [0.4, 0.5) is 0 Å². The molecule has 6 heteroatoms. The van der Waals surface area contributed by atoms with Gasteiger partial charge in [-0.3, -0.25) is 4.90 Å². The smallest absolute Gasteiger partial charge is 0.226 e. The number of hydrogen-bond acceptors (Lipinski definition) is 6. The van der Waals surface area contributed by atoms with E-state index in [0.717, 1.165) is 51.0 Å². The fraction of sp³-hybridized carbons (Fsp3) is 0.304. The summed E-state index contributed by atoms with van der Waals surface area (Å²) in [4.78, 5) is 11.7.